The summed E-state index contributed by atoms with van der Waals surface area (Å²) in [5.74, 6) is 1.35. The van der Waals surface area contributed by atoms with Crippen LogP contribution in [0.3, 0.4) is 0 Å². The zero-order valence-corrected chi connectivity index (χ0v) is 10.4. The lowest BCUT2D eigenvalue weighted by Crippen LogP contribution is -2.48. The van der Waals surface area contributed by atoms with Crippen LogP contribution in [0, 0.1) is 11.8 Å². The SMILES string of the molecule is COCC(C(C)C)N1CCCC(CN)C1. The summed E-state index contributed by atoms with van der Waals surface area (Å²) in [5, 5.41) is 0. The number of likely N-dealkylation sites (tertiary alicyclic amines) is 1. The summed E-state index contributed by atoms with van der Waals surface area (Å²) < 4.78 is 5.31. The second-order valence-electron chi connectivity index (χ2n) is 5.01. The number of piperidine rings is 1. The minimum absolute atomic E-state index is 0.560. The van der Waals surface area contributed by atoms with E-state index in [1.165, 1.54) is 19.4 Å². The van der Waals surface area contributed by atoms with Gasteiger partial charge in [-0.15, -0.1) is 0 Å². The Morgan fingerprint density at radius 1 is 1.47 bits per heavy atom. The van der Waals surface area contributed by atoms with Crippen LogP contribution in [0.15, 0.2) is 0 Å². The predicted molar refractivity (Wildman–Crippen MR) is 63.9 cm³/mol. The Labute approximate surface area is 94.0 Å². The van der Waals surface area contributed by atoms with Gasteiger partial charge in [0.15, 0.2) is 0 Å². The first kappa shape index (κ1) is 12.9. The number of hydrogen-bond acceptors (Lipinski definition) is 3. The van der Waals surface area contributed by atoms with Gasteiger partial charge in [0.25, 0.3) is 0 Å². The lowest BCUT2D eigenvalue weighted by Gasteiger charge is -2.39. The minimum atomic E-state index is 0.560. The number of rotatable bonds is 5. The van der Waals surface area contributed by atoms with Gasteiger partial charge in [0.05, 0.1) is 6.61 Å². The van der Waals surface area contributed by atoms with E-state index in [2.05, 4.69) is 18.7 Å². The number of nitrogens with zero attached hydrogens (tertiary/aromatic N) is 1. The Morgan fingerprint density at radius 3 is 2.73 bits per heavy atom. The molecule has 2 unspecified atom stereocenters. The van der Waals surface area contributed by atoms with Crippen molar-refractivity contribution >= 4 is 0 Å². The van der Waals surface area contributed by atoms with Gasteiger partial charge in [-0.2, -0.15) is 0 Å². The highest BCUT2D eigenvalue weighted by molar-refractivity contribution is 4.81. The van der Waals surface area contributed by atoms with E-state index in [1.807, 2.05) is 0 Å². The molecule has 0 aromatic rings. The van der Waals surface area contributed by atoms with Crippen molar-refractivity contribution in [3.8, 4) is 0 Å². The van der Waals surface area contributed by atoms with Gasteiger partial charge in [-0.25, -0.2) is 0 Å². The standard InChI is InChI=1S/C12H26N2O/c1-10(2)12(9-15-3)14-6-4-5-11(7-13)8-14/h10-12H,4-9,13H2,1-3H3. The van der Waals surface area contributed by atoms with Gasteiger partial charge in [0, 0.05) is 19.7 Å². The maximum atomic E-state index is 5.76. The van der Waals surface area contributed by atoms with E-state index in [-0.39, 0.29) is 0 Å². The van der Waals surface area contributed by atoms with E-state index >= 15 is 0 Å². The average molecular weight is 214 g/mol. The fourth-order valence-corrected chi connectivity index (χ4v) is 2.48. The number of hydrogen-bond donors (Lipinski definition) is 1. The maximum absolute atomic E-state index is 5.76. The van der Waals surface area contributed by atoms with Crippen LogP contribution < -0.4 is 5.73 Å². The van der Waals surface area contributed by atoms with E-state index in [0.717, 1.165) is 19.7 Å². The van der Waals surface area contributed by atoms with Crippen LogP contribution in [-0.4, -0.2) is 44.3 Å². The van der Waals surface area contributed by atoms with Gasteiger partial charge in [-0.05, 0) is 37.8 Å². The zero-order valence-electron chi connectivity index (χ0n) is 10.4. The highest BCUT2D eigenvalue weighted by Gasteiger charge is 2.26. The molecule has 0 spiro atoms. The van der Waals surface area contributed by atoms with E-state index in [9.17, 15) is 0 Å². The Kier molecular flexibility index (Phi) is 5.58. The number of methoxy groups -OCH3 is 1. The molecule has 3 heteroatoms. The lowest BCUT2D eigenvalue weighted by molar-refractivity contribution is 0.0380. The molecule has 90 valence electrons. The highest BCUT2D eigenvalue weighted by atomic mass is 16.5. The quantitative estimate of drug-likeness (QED) is 0.750. The Hall–Kier alpha value is -0.120. The fourth-order valence-electron chi connectivity index (χ4n) is 2.48. The molecule has 2 atom stereocenters. The second-order valence-corrected chi connectivity index (χ2v) is 5.01. The third-order valence-corrected chi connectivity index (χ3v) is 3.46. The van der Waals surface area contributed by atoms with Gasteiger partial charge in [-0.1, -0.05) is 13.8 Å². The van der Waals surface area contributed by atoms with Crippen LogP contribution in [0.25, 0.3) is 0 Å². The normalized spacial score (nSPS) is 25.8. The van der Waals surface area contributed by atoms with Crippen molar-refractivity contribution in [2.45, 2.75) is 32.7 Å². The minimum Gasteiger partial charge on any atom is -0.383 e. The van der Waals surface area contributed by atoms with Gasteiger partial charge < -0.3 is 10.5 Å². The molecular weight excluding hydrogens is 188 g/mol. The van der Waals surface area contributed by atoms with Crippen molar-refractivity contribution < 1.29 is 4.74 Å². The molecule has 1 fully saturated rings. The van der Waals surface area contributed by atoms with Crippen molar-refractivity contribution in [3.63, 3.8) is 0 Å². The molecule has 1 aliphatic rings. The summed E-state index contributed by atoms with van der Waals surface area (Å²) in [7, 11) is 1.79. The molecule has 2 N–H and O–H groups in total. The van der Waals surface area contributed by atoms with Gasteiger partial charge >= 0.3 is 0 Å². The van der Waals surface area contributed by atoms with Crippen molar-refractivity contribution in [1.82, 2.24) is 4.90 Å². The molecule has 0 radical (unpaired) electrons. The highest BCUT2D eigenvalue weighted by Crippen LogP contribution is 2.21. The first-order valence-corrected chi connectivity index (χ1v) is 6.12. The third kappa shape index (κ3) is 3.74. The molecule has 3 nitrogen and oxygen atoms in total. The maximum Gasteiger partial charge on any atom is 0.0620 e. The Morgan fingerprint density at radius 2 is 2.20 bits per heavy atom. The van der Waals surface area contributed by atoms with E-state index in [1.54, 1.807) is 7.11 Å². The number of ether oxygens (including phenoxy) is 1. The molecule has 0 amide bonds. The van der Waals surface area contributed by atoms with Crippen LogP contribution in [0.1, 0.15) is 26.7 Å². The molecular formula is C12H26N2O. The molecule has 1 aliphatic heterocycles. The van der Waals surface area contributed by atoms with Crippen LogP contribution in [0.2, 0.25) is 0 Å². The van der Waals surface area contributed by atoms with Crippen LogP contribution in [0.4, 0.5) is 0 Å². The summed E-state index contributed by atoms with van der Waals surface area (Å²) >= 11 is 0. The van der Waals surface area contributed by atoms with Crippen LogP contribution >= 0.6 is 0 Å². The predicted octanol–water partition coefficient (Wildman–Crippen LogP) is 1.33. The van der Waals surface area contributed by atoms with E-state index in [4.69, 9.17) is 10.5 Å². The zero-order chi connectivity index (χ0) is 11.3. The molecule has 0 aromatic carbocycles. The van der Waals surface area contributed by atoms with Gasteiger partial charge in [-0.3, -0.25) is 4.90 Å². The molecule has 1 rings (SSSR count). The largest absolute Gasteiger partial charge is 0.383 e. The molecule has 0 aliphatic carbocycles. The monoisotopic (exact) mass is 214 g/mol. The van der Waals surface area contributed by atoms with Crippen molar-refractivity contribution in [2.75, 3.05) is 33.4 Å². The lowest BCUT2D eigenvalue weighted by atomic mass is 9.94. The molecule has 1 heterocycles. The molecule has 15 heavy (non-hydrogen) atoms. The Balaban J connectivity index is 2.50. The van der Waals surface area contributed by atoms with E-state index < -0.39 is 0 Å². The molecule has 0 bridgehead atoms. The average Bonchev–Trinajstić information content (AvgIpc) is 2.25. The fraction of sp³-hybridized carbons (Fsp3) is 1.00. The topological polar surface area (TPSA) is 38.5 Å². The summed E-state index contributed by atoms with van der Waals surface area (Å²) in [6.45, 7) is 8.58. The number of nitrogens with two attached hydrogens (primary N) is 1. The second kappa shape index (κ2) is 6.46. The molecule has 1 saturated heterocycles. The summed E-state index contributed by atoms with van der Waals surface area (Å²) in [6, 6.07) is 0.560. The Bertz CT molecular complexity index is 173. The summed E-state index contributed by atoms with van der Waals surface area (Å²) in [6.07, 6.45) is 2.58. The van der Waals surface area contributed by atoms with Crippen LogP contribution in [0.5, 0.6) is 0 Å². The third-order valence-electron chi connectivity index (χ3n) is 3.46. The van der Waals surface area contributed by atoms with Crippen molar-refractivity contribution in [3.05, 3.63) is 0 Å². The first-order chi connectivity index (χ1) is 7.19. The van der Waals surface area contributed by atoms with Gasteiger partial charge in [0.1, 0.15) is 0 Å². The molecule has 0 aromatic heterocycles. The van der Waals surface area contributed by atoms with Crippen molar-refractivity contribution in [2.24, 2.45) is 17.6 Å². The molecule has 0 saturated carbocycles. The summed E-state index contributed by atoms with van der Waals surface area (Å²) in [4.78, 5) is 2.56. The van der Waals surface area contributed by atoms with Crippen molar-refractivity contribution in [1.29, 1.82) is 0 Å². The van der Waals surface area contributed by atoms with Gasteiger partial charge in [0.2, 0.25) is 0 Å². The van der Waals surface area contributed by atoms with E-state index in [0.29, 0.717) is 17.9 Å². The first-order valence-electron chi connectivity index (χ1n) is 6.12. The van der Waals surface area contributed by atoms with Crippen LogP contribution in [-0.2, 0) is 4.74 Å². The summed E-state index contributed by atoms with van der Waals surface area (Å²) in [5.41, 5.74) is 5.76. The smallest absolute Gasteiger partial charge is 0.0620 e.